The molecular formula is C41H40N4O. The van der Waals surface area contributed by atoms with E-state index in [-0.39, 0.29) is 5.41 Å². The normalized spacial score (nSPS) is 11.8. The highest BCUT2D eigenvalue weighted by Gasteiger charge is 2.22. The molecule has 0 radical (unpaired) electrons. The summed E-state index contributed by atoms with van der Waals surface area (Å²) in [6, 6.07) is 38.0. The second-order valence-electron chi connectivity index (χ2n) is 13.3. The molecule has 7 rings (SSSR count). The third-order valence-electron chi connectivity index (χ3n) is 8.64. The molecule has 0 unspecified atom stereocenters. The molecule has 5 nitrogen and oxygen atoms in total. The van der Waals surface area contributed by atoms with E-state index < -0.39 is 0 Å². The molecule has 230 valence electrons. The number of rotatable bonds is 8. The quantitative estimate of drug-likeness (QED) is 0.173. The summed E-state index contributed by atoms with van der Waals surface area (Å²) < 4.78 is 11.0. The Balaban J connectivity index is 1.30. The van der Waals surface area contributed by atoms with Crippen LogP contribution in [0.1, 0.15) is 51.1 Å². The molecule has 3 heterocycles. The van der Waals surface area contributed by atoms with Gasteiger partial charge in [0.1, 0.15) is 17.3 Å². The fourth-order valence-corrected chi connectivity index (χ4v) is 6.34. The Bertz CT molecular complexity index is 2170. The fraction of sp³-hybridized carbons (Fsp3) is 0.220. The van der Waals surface area contributed by atoms with Crippen LogP contribution in [0.2, 0.25) is 0 Å². The Morgan fingerprint density at radius 3 is 2.28 bits per heavy atom. The van der Waals surface area contributed by atoms with Gasteiger partial charge < -0.3 is 4.74 Å². The molecule has 4 aromatic carbocycles. The van der Waals surface area contributed by atoms with Gasteiger partial charge in [-0.1, -0.05) is 82.3 Å². The molecule has 0 aliphatic carbocycles. The Labute approximate surface area is 271 Å². The lowest BCUT2D eigenvalue weighted by molar-refractivity contribution is 0.375. The van der Waals surface area contributed by atoms with Crippen molar-refractivity contribution in [3.8, 4) is 34.1 Å². The molecule has 0 atom stereocenters. The number of aromatic nitrogens is 4. The SMILES string of the molecule is CCc1nn(-c2cccc(Oc3ccc4c5ccccc5n(-c5cc(C)ccn5)c4c3)c2)c(CCC(C)(C)C)c1-c1ccccc1. The summed E-state index contributed by atoms with van der Waals surface area (Å²) in [5.41, 5.74) is 9.38. The summed E-state index contributed by atoms with van der Waals surface area (Å²) in [4.78, 5) is 4.73. The van der Waals surface area contributed by atoms with Crippen LogP contribution >= 0.6 is 0 Å². The number of hydrogen-bond acceptors (Lipinski definition) is 3. The van der Waals surface area contributed by atoms with E-state index in [1.807, 2.05) is 18.3 Å². The van der Waals surface area contributed by atoms with E-state index in [1.54, 1.807) is 0 Å². The van der Waals surface area contributed by atoms with Crippen LogP contribution in [-0.4, -0.2) is 19.3 Å². The number of aryl methyl sites for hydroxylation is 2. The van der Waals surface area contributed by atoms with E-state index in [4.69, 9.17) is 14.8 Å². The van der Waals surface area contributed by atoms with Crippen molar-refractivity contribution in [1.82, 2.24) is 19.3 Å². The van der Waals surface area contributed by atoms with E-state index in [0.717, 1.165) is 59.0 Å². The van der Waals surface area contributed by atoms with E-state index >= 15 is 0 Å². The van der Waals surface area contributed by atoms with Crippen molar-refractivity contribution >= 4 is 21.8 Å². The summed E-state index contributed by atoms with van der Waals surface area (Å²) in [7, 11) is 0. The monoisotopic (exact) mass is 604 g/mol. The van der Waals surface area contributed by atoms with Crippen LogP contribution in [0, 0.1) is 12.3 Å². The third kappa shape index (κ3) is 5.69. The van der Waals surface area contributed by atoms with Crippen molar-refractivity contribution in [2.45, 2.75) is 53.9 Å². The lowest BCUT2D eigenvalue weighted by Gasteiger charge is -2.19. The number of fused-ring (bicyclic) bond motifs is 3. The molecule has 46 heavy (non-hydrogen) atoms. The molecule has 0 saturated carbocycles. The molecule has 3 aromatic heterocycles. The molecule has 7 aromatic rings. The van der Waals surface area contributed by atoms with Gasteiger partial charge in [0.15, 0.2) is 0 Å². The Kier molecular flexibility index (Phi) is 7.69. The van der Waals surface area contributed by atoms with Crippen molar-refractivity contribution in [2.75, 3.05) is 0 Å². The maximum atomic E-state index is 6.59. The van der Waals surface area contributed by atoms with E-state index in [9.17, 15) is 0 Å². The topological polar surface area (TPSA) is 44.9 Å². The van der Waals surface area contributed by atoms with Gasteiger partial charge in [0.05, 0.1) is 28.1 Å². The highest BCUT2D eigenvalue weighted by Crippen LogP contribution is 2.37. The molecule has 0 aliphatic rings. The molecule has 0 N–H and O–H groups in total. The predicted octanol–water partition coefficient (Wildman–Crippen LogP) is 10.7. The van der Waals surface area contributed by atoms with Crippen molar-refractivity contribution in [1.29, 1.82) is 0 Å². The highest BCUT2D eigenvalue weighted by molar-refractivity contribution is 6.09. The Morgan fingerprint density at radius 1 is 0.739 bits per heavy atom. The third-order valence-corrected chi connectivity index (χ3v) is 8.64. The summed E-state index contributed by atoms with van der Waals surface area (Å²) in [5, 5.41) is 7.55. The number of pyridine rings is 1. The maximum absolute atomic E-state index is 6.59. The largest absolute Gasteiger partial charge is 0.457 e. The van der Waals surface area contributed by atoms with E-state index in [1.165, 1.54) is 33.2 Å². The molecule has 0 amide bonds. The zero-order chi connectivity index (χ0) is 31.8. The molecule has 0 aliphatic heterocycles. The fourth-order valence-electron chi connectivity index (χ4n) is 6.34. The second-order valence-corrected chi connectivity index (χ2v) is 13.3. The number of para-hydroxylation sites is 1. The first-order valence-electron chi connectivity index (χ1n) is 16.2. The van der Waals surface area contributed by atoms with Gasteiger partial charge in [-0.3, -0.25) is 4.57 Å². The van der Waals surface area contributed by atoms with E-state index in [0.29, 0.717) is 0 Å². The zero-order valence-electron chi connectivity index (χ0n) is 27.3. The number of nitrogens with zero attached hydrogens (tertiary/aromatic N) is 4. The summed E-state index contributed by atoms with van der Waals surface area (Å²) >= 11 is 0. The minimum absolute atomic E-state index is 0.204. The summed E-state index contributed by atoms with van der Waals surface area (Å²) in [6.45, 7) is 11.2. The van der Waals surface area contributed by atoms with Crippen molar-refractivity contribution < 1.29 is 4.74 Å². The van der Waals surface area contributed by atoms with Gasteiger partial charge in [-0.15, -0.1) is 0 Å². The Morgan fingerprint density at radius 2 is 1.50 bits per heavy atom. The number of hydrogen-bond donors (Lipinski definition) is 0. The summed E-state index contributed by atoms with van der Waals surface area (Å²) in [6.07, 6.45) is 4.72. The molecule has 0 spiro atoms. The van der Waals surface area contributed by atoms with Crippen LogP contribution in [0.5, 0.6) is 11.5 Å². The van der Waals surface area contributed by atoms with Gasteiger partial charge in [-0.2, -0.15) is 5.10 Å². The first kappa shape index (κ1) is 29.5. The van der Waals surface area contributed by atoms with Crippen molar-refractivity contribution in [3.05, 3.63) is 132 Å². The van der Waals surface area contributed by atoms with Crippen LogP contribution in [0.3, 0.4) is 0 Å². The standard InChI is InChI=1S/C41H40N4O/c1-6-35-40(29-13-8-7-9-14-29)37(21-23-41(3,4)5)45(43-35)30-15-12-16-31(26-30)46-32-19-20-34-33-17-10-11-18-36(33)44(38(34)27-32)39-25-28(2)22-24-42-39/h7-20,22,24-27H,6,21,23H2,1-5H3. The Hall–Kier alpha value is -5.16. The first-order valence-corrected chi connectivity index (χ1v) is 16.2. The molecule has 0 bridgehead atoms. The highest BCUT2D eigenvalue weighted by atomic mass is 16.5. The van der Waals surface area contributed by atoms with E-state index in [2.05, 4.69) is 141 Å². The number of benzene rings is 4. The predicted molar refractivity (Wildman–Crippen MR) is 190 cm³/mol. The van der Waals surface area contributed by atoms with Crippen molar-refractivity contribution in [3.63, 3.8) is 0 Å². The maximum Gasteiger partial charge on any atom is 0.137 e. The van der Waals surface area contributed by atoms with Gasteiger partial charge in [0.2, 0.25) is 0 Å². The molecule has 0 saturated heterocycles. The molecule has 0 fully saturated rings. The lowest BCUT2D eigenvalue weighted by atomic mass is 9.88. The second kappa shape index (κ2) is 12.0. The molecule has 5 heteroatoms. The van der Waals surface area contributed by atoms with Crippen LogP contribution in [0.15, 0.2) is 115 Å². The summed E-state index contributed by atoms with van der Waals surface area (Å²) in [5.74, 6) is 2.44. The van der Waals surface area contributed by atoms with Crippen molar-refractivity contribution in [2.24, 2.45) is 5.41 Å². The average molecular weight is 605 g/mol. The minimum atomic E-state index is 0.204. The minimum Gasteiger partial charge on any atom is -0.457 e. The van der Waals surface area contributed by atoms with Gasteiger partial charge >= 0.3 is 0 Å². The lowest BCUT2D eigenvalue weighted by Crippen LogP contribution is -2.10. The van der Waals surface area contributed by atoms with Gasteiger partial charge in [-0.05, 0) is 85.2 Å². The van der Waals surface area contributed by atoms with Crippen LogP contribution in [0.4, 0.5) is 0 Å². The van der Waals surface area contributed by atoms with Gasteiger partial charge in [0, 0.05) is 34.7 Å². The van der Waals surface area contributed by atoms with Gasteiger partial charge in [-0.25, -0.2) is 9.67 Å². The first-order chi connectivity index (χ1) is 22.3. The number of ether oxygens (including phenoxy) is 1. The van der Waals surface area contributed by atoms with Gasteiger partial charge in [0.25, 0.3) is 0 Å². The van der Waals surface area contributed by atoms with Crippen LogP contribution in [0.25, 0.3) is 44.4 Å². The van der Waals surface area contributed by atoms with Crippen LogP contribution < -0.4 is 4.74 Å². The zero-order valence-corrected chi connectivity index (χ0v) is 27.3. The van der Waals surface area contributed by atoms with Crippen LogP contribution in [-0.2, 0) is 12.8 Å². The average Bonchev–Trinajstić information content (AvgIpc) is 3.59. The smallest absolute Gasteiger partial charge is 0.137 e. The molecular weight excluding hydrogens is 564 g/mol.